The van der Waals surface area contributed by atoms with E-state index in [1.165, 1.54) is 19.8 Å². The number of carbonyl (C=O) groups is 1. The van der Waals surface area contributed by atoms with E-state index in [1.54, 1.807) is 0 Å². The van der Waals surface area contributed by atoms with Crippen LogP contribution in [-0.2, 0) is 4.79 Å². The molecular weight excluding hydrogens is 190 g/mol. The Balaban J connectivity index is 3.67. The lowest BCUT2D eigenvalue weighted by Gasteiger charge is -2.17. The molecule has 0 bridgehead atoms. The normalized spacial score (nSPS) is 15.2. The molecule has 15 heavy (non-hydrogen) atoms. The van der Waals surface area contributed by atoms with Crippen molar-refractivity contribution in [3.05, 3.63) is 12.2 Å². The minimum absolute atomic E-state index is 0.100. The van der Waals surface area contributed by atoms with E-state index in [9.17, 15) is 9.90 Å². The highest BCUT2D eigenvalue weighted by Gasteiger charge is 2.12. The Morgan fingerprint density at radius 3 is 2.67 bits per heavy atom. The maximum atomic E-state index is 10.7. The summed E-state index contributed by atoms with van der Waals surface area (Å²) in [5.74, 6) is -0.100. The molecule has 0 heterocycles. The van der Waals surface area contributed by atoms with E-state index >= 15 is 0 Å². The Morgan fingerprint density at radius 1 is 1.47 bits per heavy atom. The van der Waals surface area contributed by atoms with Gasteiger partial charge in [-0.2, -0.15) is 0 Å². The number of aliphatic hydroxyl groups is 1. The number of hydrogen-bond donors (Lipinski definition) is 2. The molecular formula is C12H23NO2. The van der Waals surface area contributed by atoms with Crippen molar-refractivity contribution in [1.29, 1.82) is 0 Å². The predicted octanol–water partition coefficient (Wildman–Crippen LogP) is 2.01. The summed E-state index contributed by atoms with van der Waals surface area (Å²) in [6, 6.07) is -0.182. The van der Waals surface area contributed by atoms with Crippen molar-refractivity contribution < 1.29 is 9.90 Å². The van der Waals surface area contributed by atoms with Gasteiger partial charge < -0.3 is 10.4 Å². The first-order valence-corrected chi connectivity index (χ1v) is 5.68. The zero-order valence-corrected chi connectivity index (χ0v) is 9.99. The molecule has 0 spiro atoms. The number of amides is 1. The molecule has 0 unspecified atom stereocenters. The van der Waals surface area contributed by atoms with E-state index in [1.807, 2.05) is 13.0 Å². The Bertz CT molecular complexity index is 202. The van der Waals surface area contributed by atoms with Gasteiger partial charge in [0.1, 0.15) is 0 Å². The van der Waals surface area contributed by atoms with Crippen LogP contribution in [0, 0.1) is 0 Å². The van der Waals surface area contributed by atoms with Gasteiger partial charge in [-0.05, 0) is 19.8 Å². The van der Waals surface area contributed by atoms with E-state index in [-0.39, 0.29) is 11.9 Å². The second-order valence-electron chi connectivity index (χ2n) is 3.91. The van der Waals surface area contributed by atoms with Crippen molar-refractivity contribution in [3.63, 3.8) is 0 Å². The molecule has 0 aromatic carbocycles. The first-order valence-electron chi connectivity index (χ1n) is 5.68. The number of hydrogen-bond acceptors (Lipinski definition) is 2. The predicted molar refractivity (Wildman–Crippen MR) is 62.6 cm³/mol. The Morgan fingerprint density at radius 2 is 2.13 bits per heavy atom. The average molecular weight is 213 g/mol. The van der Waals surface area contributed by atoms with Crippen LogP contribution in [0.25, 0.3) is 0 Å². The third kappa shape index (κ3) is 8.18. The second-order valence-corrected chi connectivity index (χ2v) is 3.91. The summed E-state index contributed by atoms with van der Waals surface area (Å²) in [7, 11) is 0. The fourth-order valence-electron chi connectivity index (χ4n) is 1.30. The van der Waals surface area contributed by atoms with Crippen LogP contribution in [0.1, 0.15) is 46.5 Å². The van der Waals surface area contributed by atoms with Gasteiger partial charge in [0, 0.05) is 6.92 Å². The molecule has 88 valence electrons. The third-order valence-electron chi connectivity index (χ3n) is 2.28. The maximum Gasteiger partial charge on any atom is 0.217 e. The first kappa shape index (κ1) is 14.2. The van der Waals surface area contributed by atoms with Crippen LogP contribution in [0.2, 0.25) is 0 Å². The smallest absolute Gasteiger partial charge is 0.217 e. The van der Waals surface area contributed by atoms with Crippen molar-refractivity contribution in [2.24, 2.45) is 0 Å². The number of aliphatic hydroxyl groups excluding tert-OH is 1. The zero-order chi connectivity index (χ0) is 11.7. The van der Waals surface area contributed by atoms with Gasteiger partial charge in [0.25, 0.3) is 0 Å². The van der Waals surface area contributed by atoms with Gasteiger partial charge >= 0.3 is 0 Å². The van der Waals surface area contributed by atoms with Crippen molar-refractivity contribution in [2.75, 3.05) is 0 Å². The minimum atomic E-state index is -0.494. The standard InChI is InChI=1S/C12H23NO2/c1-4-5-6-7-8-9-12(15)10(2)13-11(3)14/h7-8,10,12,15H,4-6,9H2,1-3H3,(H,13,14)/b8-7+/t10-,12+/m0/s1. The van der Waals surface area contributed by atoms with Gasteiger partial charge in [-0.3, -0.25) is 4.79 Å². The van der Waals surface area contributed by atoms with Gasteiger partial charge in [-0.1, -0.05) is 31.9 Å². The highest BCUT2D eigenvalue weighted by Crippen LogP contribution is 2.02. The van der Waals surface area contributed by atoms with Crippen LogP contribution >= 0.6 is 0 Å². The number of carbonyl (C=O) groups excluding carboxylic acids is 1. The summed E-state index contributed by atoms with van der Waals surface area (Å²) in [5.41, 5.74) is 0. The molecule has 0 aliphatic heterocycles. The summed E-state index contributed by atoms with van der Waals surface area (Å²) in [6.45, 7) is 5.42. The molecule has 2 N–H and O–H groups in total. The van der Waals surface area contributed by atoms with Crippen LogP contribution in [-0.4, -0.2) is 23.2 Å². The molecule has 0 aromatic heterocycles. The number of unbranched alkanes of at least 4 members (excludes halogenated alkanes) is 2. The maximum absolute atomic E-state index is 10.7. The highest BCUT2D eigenvalue weighted by molar-refractivity contribution is 5.73. The average Bonchev–Trinajstić information content (AvgIpc) is 2.16. The Hall–Kier alpha value is -0.830. The van der Waals surface area contributed by atoms with Crippen LogP contribution in [0.15, 0.2) is 12.2 Å². The molecule has 0 aliphatic carbocycles. The lowest BCUT2D eigenvalue weighted by molar-refractivity contribution is -0.120. The number of rotatable bonds is 7. The fourth-order valence-corrected chi connectivity index (χ4v) is 1.30. The summed E-state index contributed by atoms with van der Waals surface area (Å²) in [6.07, 6.45) is 7.63. The first-order chi connectivity index (χ1) is 7.07. The van der Waals surface area contributed by atoms with Crippen molar-refractivity contribution >= 4 is 5.91 Å². The number of allylic oxidation sites excluding steroid dienone is 1. The van der Waals surface area contributed by atoms with Crippen molar-refractivity contribution in [2.45, 2.75) is 58.6 Å². The van der Waals surface area contributed by atoms with Gasteiger partial charge in [-0.25, -0.2) is 0 Å². The van der Waals surface area contributed by atoms with E-state index in [4.69, 9.17) is 0 Å². The summed E-state index contributed by atoms with van der Waals surface area (Å²) in [4.78, 5) is 10.7. The molecule has 1 amide bonds. The molecule has 0 fully saturated rings. The number of nitrogens with one attached hydrogen (secondary N) is 1. The van der Waals surface area contributed by atoms with Crippen molar-refractivity contribution in [1.82, 2.24) is 5.32 Å². The lowest BCUT2D eigenvalue weighted by Crippen LogP contribution is -2.39. The molecule has 3 nitrogen and oxygen atoms in total. The summed E-state index contributed by atoms with van der Waals surface area (Å²) >= 11 is 0. The highest BCUT2D eigenvalue weighted by atomic mass is 16.3. The van der Waals surface area contributed by atoms with E-state index < -0.39 is 6.10 Å². The Labute approximate surface area is 92.6 Å². The molecule has 0 saturated carbocycles. The molecule has 0 rings (SSSR count). The molecule has 0 saturated heterocycles. The van der Waals surface area contributed by atoms with Crippen LogP contribution in [0.4, 0.5) is 0 Å². The van der Waals surface area contributed by atoms with E-state index in [0.717, 1.165) is 6.42 Å². The summed E-state index contributed by atoms with van der Waals surface area (Å²) < 4.78 is 0. The van der Waals surface area contributed by atoms with Crippen LogP contribution in [0.3, 0.4) is 0 Å². The van der Waals surface area contributed by atoms with E-state index in [0.29, 0.717) is 6.42 Å². The Kier molecular flexibility index (Phi) is 8.01. The topological polar surface area (TPSA) is 49.3 Å². The zero-order valence-electron chi connectivity index (χ0n) is 9.99. The summed E-state index contributed by atoms with van der Waals surface area (Å²) in [5, 5.41) is 12.3. The quantitative estimate of drug-likeness (QED) is 0.502. The van der Waals surface area contributed by atoms with Crippen molar-refractivity contribution in [3.8, 4) is 0 Å². The third-order valence-corrected chi connectivity index (χ3v) is 2.28. The van der Waals surface area contributed by atoms with Gasteiger partial charge in [0.05, 0.1) is 12.1 Å². The molecule has 2 atom stereocenters. The van der Waals surface area contributed by atoms with Crippen LogP contribution < -0.4 is 5.32 Å². The molecule has 3 heteroatoms. The van der Waals surface area contributed by atoms with Gasteiger partial charge in [0.2, 0.25) is 5.91 Å². The monoisotopic (exact) mass is 213 g/mol. The van der Waals surface area contributed by atoms with Crippen LogP contribution in [0.5, 0.6) is 0 Å². The molecule has 0 aromatic rings. The fraction of sp³-hybridized carbons (Fsp3) is 0.750. The van der Waals surface area contributed by atoms with Gasteiger partial charge in [0.15, 0.2) is 0 Å². The largest absolute Gasteiger partial charge is 0.391 e. The molecule has 0 aliphatic rings. The van der Waals surface area contributed by atoms with Gasteiger partial charge in [-0.15, -0.1) is 0 Å². The lowest BCUT2D eigenvalue weighted by atomic mass is 10.1. The van der Waals surface area contributed by atoms with E-state index in [2.05, 4.69) is 18.3 Å². The minimum Gasteiger partial charge on any atom is -0.391 e. The molecule has 0 radical (unpaired) electrons. The SMILES string of the molecule is CCCC/C=C/C[C@@H](O)[C@H](C)NC(C)=O. The second kappa shape index (κ2) is 8.48.